The Bertz CT molecular complexity index is 418. The molecule has 1 atom stereocenters. The van der Waals surface area contributed by atoms with Gasteiger partial charge >= 0.3 is 5.97 Å². The Morgan fingerprint density at radius 1 is 1.41 bits per heavy atom. The van der Waals surface area contributed by atoms with Crippen LogP contribution in [0.1, 0.15) is 19.8 Å². The molecule has 92 valence electrons. The molecular formula is C13H16BrNO2. The molecule has 4 heteroatoms. The third-order valence-electron chi connectivity index (χ3n) is 3.40. The van der Waals surface area contributed by atoms with E-state index in [2.05, 4.69) is 20.8 Å². The minimum atomic E-state index is -0.695. The summed E-state index contributed by atoms with van der Waals surface area (Å²) in [5.74, 6) is -0.695. The number of rotatable bonds is 2. The van der Waals surface area contributed by atoms with E-state index in [4.69, 9.17) is 0 Å². The van der Waals surface area contributed by atoms with E-state index >= 15 is 0 Å². The summed E-state index contributed by atoms with van der Waals surface area (Å²) in [6.07, 6.45) is 1.69. The first-order chi connectivity index (χ1) is 8.01. The first-order valence-electron chi connectivity index (χ1n) is 5.75. The van der Waals surface area contributed by atoms with E-state index in [1.54, 1.807) is 0 Å². The van der Waals surface area contributed by atoms with Gasteiger partial charge in [-0.2, -0.15) is 0 Å². The summed E-state index contributed by atoms with van der Waals surface area (Å²) >= 11 is 3.40. The van der Waals surface area contributed by atoms with Crippen molar-refractivity contribution in [2.24, 2.45) is 5.41 Å². The average molecular weight is 298 g/mol. The number of carboxylic acid groups (broad SMARTS) is 1. The molecule has 2 rings (SSSR count). The number of piperidine rings is 1. The van der Waals surface area contributed by atoms with Gasteiger partial charge in [0, 0.05) is 23.2 Å². The molecule has 17 heavy (non-hydrogen) atoms. The number of nitrogens with zero attached hydrogens (tertiary/aromatic N) is 1. The Hall–Kier alpha value is -1.03. The smallest absolute Gasteiger partial charge is 0.311 e. The maximum atomic E-state index is 11.3. The molecule has 0 aromatic heterocycles. The van der Waals surface area contributed by atoms with Gasteiger partial charge in [-0.25, -0.2) is 0 Å². The van der Waals surface area contributed by atoms with Gasteiger partial charge in [-0.3, -0.25) is 4.79 Å². The van der Waals surface area contributed by atoms with E-state index in [1.807, 2.05) is 31.2 Å². The van der Waals surface area contributed by atoms with Gasteiger partial charge in [-0.1, -0.05) is 15.9 Å². The van der Waals surface area contributed by atoms with E-state index < -0.39 is 11.4 Å². The molecule has 0 bridgehead atoms. The number of carboxylic acids is 1. The van der Waals surface area contributed by atoms with Gasteiger partial charge in [-0.05, 0) is 44.0 Å². The van der Waals surface area contributed by atoms with E-state index in [1.165, 1.54) is 0 Å². The molecule has 0 aliphatic carbocycles. The van der Waals surface area contributed by atoms with Crippen molar-refractivity contribution in [1.29, 1.82) is 0 Å². The number of benzene rings is 1. The molecular weight excluding hydrogens is 282 g/mol. The standard InChI is InChI=1S/C13H16BrNO2/c1-13(12(16)17)7-2-8-15(9-13)11-5-3-10(14)4-6-11/h3-6H,2,7-9H2,1H3,(H,16,17). The number of hydrogen-bond donors (Lipinski definition) is 1. The molecule has 1 fully saturated rings. The summed E-state index contributed by atoms with van der Waals surface area (Å²) in [6, 6.07) is 8.03. The maximum absolute atomic E-state index is 11.3. The van der Waals surface area contributed by atoms with Gasteiger partial charge in [0.15, 0.2) is 0 Å². The normalized spacial score (nSPS) is 24.7. The van der Waals surface area contributed by atoms with E-state index in [-0.39, 0.29) is 0 Å². The molecule has 1 heterocycles. The predicted octanol–water partition coefficient (Wildman–Crippen LogP) is 3.14. The molecule has 1 aromatic rings. The van der Waals surface area contributed by atoms with E-state index in [0.717, 1.165) is 29.5 Å². The Balaban J connectivity index is 2.17. The number of carbonyl (C=O) groups is 1. The Morgan fingerprint density at radius 2 is 2.06 bits per heavy atom. The van der Waals surface area contributed by atoms with Crippen LogP contribution in [0, 0.1) is 5.41 Å². The Labute approximate surface area is 110 Å². The predicted molar refractivity (Wildman–Crippen MR) is 71.3 cm³/mol. The van der Waals surface area contributed by atoms with E-state index in [9.17, 15) is 9.90 Å². The number of hydrogen-bond acceptors (Lipinski definition) is 2. The summed E-state index contributed by atoms with van der Waals surface area (Å²) < 4.78 is 1.04. The van der Waals surface area contributed by atoms with Crippen LogP contribution in [-0.4, -0.2) is 24.2 Å². The van der Waals surface area contributed by atoms with Gasteiger partial charge in [0.2, 0.25) is 0 Å². The first kappa shape index (κ1) is 12.4. The fourth-order valence-corrected chi connectivity index (χ4v) is 2.55. The summed E-state index contributed by atoms with van der Waals surface area (Å²) in [6.45, 7) is 3.36. The molecule has 1 aliphatic heterocycles. The Kier molecular flexibility index (Phi) is 3.43. The minimum absolute atomic E-state index is 0.587. The third kappa shape index (κ3) is 2.63. The lowest BCUT2D eigenvalue weighted by atomic mass is 9.82. The zero-order valence-corrected chi connectivity index (χ0v) is 11.4. The lowest BCUT2D eigenvalue weighted by molar-refractivity contribution is -0.148. The topological polar surface area (TPSA) is 40.5 Å². The second-order valence-electron chi connectivity index (χ2n) is 4.87. The monoisotopic (exact) mass is 297 g/mol. The van der Waals surface area contributed by atoms with Crippen molar-refractivity contribution in [2.45, 2.75) is 19.8 Å². The molecule has 1 aliphatic rings. The van der Waals surface area contributed by atoms with Crippen LogP contribution in [-0.2, 0) is 4.79 Å². The van der Waals surface area contributed by atoms with Gasteiger partial charge in [0.05, 0.1) is 5.41 Å². The highest BCUT2D eigenvalue weighted by molar-refractivity contribution is 9.10. The molecule has 1 saturated heterocycles. The van der Waals surface area contributed by atoms with Crippen LogP contribution in [0.5, 0.6) is 0 Å². The number of aliphatic carboxylic acids is 1. The van der Waals surface area contributed by atoms with Crippen LogP contribution in [0.3, 0.4) is 0 Å². The molecule has 0 spiro atoms. The van der Waals surface area contributed by atoms with Crippen molar-refractivity contribution >= 4 is 27.6 Å². The van der Waals surface area contributed by atoms with Crippen molar-refractivity contribution in [3.63, 3.8) is 0 Å². The zero-order chi connectivity index (χ0) is 12.5. The largest absolute Gasteiger partial charge is 0.481 e. The molecule has 0 radical (unpaired) electrons. The van der Waals surface area contributed by atoms with Crippen LogP contribution < -0.4 is 4.90 Å². The van der Waals surface area contributed by atoms with Crippen molar-refractivity contribution in [3.05, 3.63) is 28.7 Å². The van der Waals surface area contributed by atoms with Crippen molar-refractivity contribution in [2.75, 3.05) is 18.0 Å². The van der Waals surface area contributed by atoms with E-state index in [0.29, 0.717) is 6.54 Å². The number of anilines is 1. The molecule has 3 nitrogen and oxygen atoms in total. The fourth-order valence-electron chi connectivity index (χ4n) is 2.29. The Morgan fingerprint density at radius 3 is 2.65 bits per heavy atom. The number of halogens is 1. The summed E-state index contributed by atoms with van der Waals surface area (Å²) in [7, 11) is 0. The molecule has 1 unspecified atom stereocenters. The van der Waals surface area contributed by atoms with Crippen LogP contribution in [0.4, 0.5) is 5.69 Å². The summed E-state index contributed by atoms with van der Waals surface area (Å²) in [4.78, 5) is 13.4. The highest BCUT2D eigenvalue weighted by Crippen LogP contribution is 2.32. The third-order valence-corrected chi connectivity index (χ3v) is 3.93. The molecule has 0 saturated carbocycles. The van der Waals surface area contributed by atoms with Gasteiger partial charge in [0.1, 0.15) is 0 Å². The highest BCUT2D eigenvalue weighted by Gasteiger charge is 2.37. The van der Waals surface area contributed by atoms with Crippen molar-refractivity contribution in [3.8, 4) is 0 Å². The lowest BCUT2D eigenvalue weighted by Gasteiger charge is -2.38. The molecule has 1 aromatic carbocycles. The van der Waals surface area contributed by atoms with Crippen LogP contribution >= 0.6 is 15.9 Å². The van der Waals surface area contributed by atoms with Crippen LogP contribution in [0.15, 0.2) is 28.7 Å². The zero-order valence-electron chi connectivity index (χ0n) is 9.82. The average Bonchev–Trinajstić information content (AvgIpc) is 2.30. The maximum Gasteiger partial charge on any atom is 0.311 e. The fraction of sp³-hybridized carbons (Fsp3) is 0.462. The van der Waals surface area contributed by atoms with Gasteiger partial charge in [-0.15, -0.1) is 0 Å². The molecule has 0 amide bonds. The first-order valence-corrected chi connectivity index (χ1v) is 6.54. The lowest BCUT2D eigenvalue weighted by Crippen LogP contribution is -2.46. The second-order valence-corrected chi connectivity index (χ2v) is 5.78. The van der Waals surface area contributed by atoms with Gasteiger partial charge in [0.25, 0.3) is 0 Å². The van der Waals surface area contributed by atoms with Crippen molar-refractivity contribution in [1.82, 2.24) is 0 Å². The van der Waals surface area contributed by atoms with Crippen molar-refractivity contribution < 1.29 is 9.90 Å². The second kappa shape index (κ2) is 4.69. The highest BCUT2D eigenvalue weighted by atomic mass is 79.9. The van der Waals surface area contributed by atoms with Crippen LogP contribution in [0.25, 0.3) is 0 Å². The van der Waals surface area contributed by atoms with Crippen LogP contribution in [0.2, 0.25) is 0 Å². The molecule has 1 N–H and O–H groups in total. The summed E-state index contributed by atoms with van der Waals surface area (Å²) in [5.41, 5.74) is 0.478. The quantitative estimate of drug-likeness (QED) is 0.912. The van der Waals surface area contributed by atoms with Gasteiger partial charge < -0.3 is 10.0 Å². The SMILES string of the molecule is CC1(C(=O)O)CCCN(c2ccc(Br)cc2)C1. The summed E-state index contributed by atoms with van der Waals surface area (Å²) in [5, 5.41) is 9.27. The minimum Gasteiger partial charge on any atom is -0.481 e.